The lowest BCUT2D eigenvalue weighted by Gasteiger charge is -2.21. The number of sulfonamides is 1. The van der Waals surface area contributed by atoms with Crippen LogP contribution in [-0.2, 0) is 10.0 Å². The van der Waals surface area contributed by atoms with E-state index in [4.69, 9.17) is 10.2 Å². The highest BCUT2D eigenvalue weighted by molar-refractivity contribution is 7.92. The Morgan fingerprint density at radius 3 is 2.26 bits per heavy atom. The van der Waals surface area contributed by atoms with Crippen molar-refractivity contribution in [3.63, 3.8) is 0 Å². The number of nitrogens with zero attached hydrogens (tertiary/aromatic N) is 2. The van der Waals surface area contributed by atoms with Gasteiger partial charge in [0, 0.05) is 64.3 Å². The summed E-state index contributed by atoms with van der Waals surface area (Å²) in [7, 11) is -2.25. The molecule has 0 radical (unpaired) electrons. The Bertz CT molecular complexity index is 2330. The number of nitrogens with two attached hydrogens (primary N) is 1. The second kappa shape index (κ2) is 15.9. The molecule has 11 heteroatoms. The molecular formula is C39H37FN4O5S. The molecule has 2 aromatic heterocycles. The molecule has 0 saturated carbocycles. The number of hydrogen-bond donors (Lipinski definition) is 3. The van der Waals surface area contributed by atoms with Crippen molar-refractivity contribution >= 4 is 49.8 Å². The SMILES string of the molecule is C#CC.CC=N/C=C(\C)N.CN(c1cc2oc(-c3ccc(F)cc3)c(C(=O)O)c2cc1-c1cccc(-c2cc3ccccc3[nH]2)c1)S(C)(=O)=O. The fourth-order valence-electron chi connectivity index (χ4n) is 5.09. The number of anilines is 1. The number of para-hydroxylation sites is 1. The van der Waals surface area contributed by atoms with Gasteiger partial charge in [0.2, 0.25) is 10.0 Å². The molecular weight excluding hydrogens is 656 g/mol. The number of carbonyl (C=O) groups is 1. The van der Waals surface area contributed by atoms with Gasteiger partial charge in [-0.15, -0.1) is 12.3 Å². The van der Waals surface area contributed by atoms with Crippen LogP contribution in [0.15, 0.2) is 112 Å². The summed E-state index contributed by atoms with van der Waals surface area (Å²) in [6, 6.07) is 26.0. The smallest absolute Gasteiger partial charge is 0.340 e. The van der Waals surface area contributed by atoms with Crippen LogP contribution in [0, 0.1) is 18.2 Å². The number of hydrogen-bond acceptors (Lipinski definition) is 6. The van der Waals surface area contributed by atoms with Gasteiger partial charge in [-0.25, -0.2) is 17.6 Å². The normalized spacial score (nSPS) is 11.4. The Labute approximate surface area is 290 Å². The Kier molecular flexibility index (Phi) is 11.6. The van der Waals surface area contributed by atoms with Crippen LogP contribution >= 0.6 is 0 Å². The van der Waals surface area contributed by atoms with Crippen molar-refractivity contribution in [2.45, 2.75) is 20.8 Å². The first kappa shape index (κ1) is 36.7. The molecule has 0 saturated heterocycles. The van der Waals surface area contributed by atoms with Gasteiger partial charge in [0.15, 0.2) is 0 Å². The summed E-state index contributed by atoms with van der Waals surface area (Å²) >= 11 is 0. The molecule has 2 heterocycles. The molecule has 0 aliphatic carbocycles. The van der Waals surface area contributed by atoms with Gasteiger partial charge >= 0.3 is 5.97 Å². The fourth-order valence-corrected chi connectivity index (χ4v) is 5.60. The van der Waals surface area contributed by atoms with Crippen molar-refractivity contribution in [1.29, 1.82) is 0 Å². The number of aromatic nitrogens is 1. The second-order valence-corrected chi connectivity index (χ2v) is 13.1. The first-order valence-electron chi connectivity index (χ1n) is 15.3. The third-order valence-corrected chi connectivity index (χ3v) is 8.60. The van der Waals surface area contributed by atoms with Crippen LogP contribution in [0.5, 0.6) is 0 Å². The largest absolute Gasteiger partial charge is 0.478 e. The molecule has 0 amide bonds. The molecule has 0 aliphatic rings. The highest BCUT2D eigenvalue weighted by atomic mass is 32.2. The van der Waals surface area contributed by atoms with E-state index in [2.05, 4.69) is 22.3 Å². The molecule has 0 spiro atoms. The van der Waals surface area contributed by atoms with E-state index in [0.29, 0.717) is 27.8 Å². The maximum absolute atomic E-state index is 13.6. The minimum Gasteiger partial charge on any atom is -0.478 e. The number of aromatic carboxylic acids is 1. The first-order valence-corrected chi connectivity index (χ1v) is 17.1. The van der Waals surface area contributed by atoms with Crippen LogP contribution < -0.4 is 10.0 Å². The lowest BCUT2D eigenvalue weighted by Crippen LogP contribution is -2.25. The number of halogens is 1. The maximum atomic E-state index is 13.6. The molecule has 4 N–H and O–H groups in total. The lowest BCUT2D eigenvalue weighted by atomic mass is 9.97. The van der Waals surface area contributed by atoms with E-state index in [1.54, 1.807) is 32.3 Å². The lowest BCUT2D eigenvalue weighted by molar-refractivity contribution is 0.0699. The molecule has 9 nitrogen and oxygen atoms in total. The number of H-pyrrole nitrogens is 1. The van der Waals surface area contributed by atoms with Crippen molar-refractivity contribution in [1.82, 2.24) is 4.98 Å². The third-order valence-electron chi connectivity index (χ3n) is 7.41. The van der Waals surface area contributed by atoms with Crippen LogP contribution in [0.1, 0.15) is 31.1 Å². The molecule has 256 valence electrons. The number of allylic oxidation sites excluding steroid dienone is 1. The van der Waals surface area contributed by atoms with Crippen molar-refractivity contribution < 1.29 is 27.1 Å². The summed E-state index contributed by atoms with van der Waals surface area (Å²) in [4.78, 5) is 19.6. The Balaban J connectivity index is 0.000000496. The quantitative estimate of drug-likeness (QED) is 0.113. The van der Waals surface area contributed by atoms with Crippen molar-refractivity contribution in [3.05, 3.63) is 114 Å². The number of furan rings is 1. The Morgan fingerprint density at radius 1 is 1.02 bits per heavy atom. The molecule has 0 bridgehead atoms. The van der Waals surface area contributed by atoms with Crippen LogP contribution in [0.3, 0.4) is 0 Å². The Hall–Kier alpha value is -6.12. The van der Waals surface area contributed by atoms with Gasteiger partial charge < -0.3 is 20.2 Å². The molecule has 6 rings (SSSR count). The van der Waals surface area contributed by atoms with E-state index in [0.717, 1.165) is 38.4 Å². The van der Waals surface area contributed by atoms with Gasteiger partial charge in [0.1, 0.15) is 22.7 Å². The fraction of sp³-hybridized carbons (Fsp3) is 0.128. The van der Waals surface area contributed by atoms with E-state index < -0.39 is 21.8 Å². The molecule has 4 aromatic carbocycles. The minimum absolute atomic E-state index is 0.0550. The predicted molar refractivity (Wildman–Crippen MR) is 201 cm³/mol. The van der Waals surface area contributed by atoms with Gasteiger partial charge in [-0.2, -0.15) is 0 Å². The first-order chi connectivity index (χ1) is 23.8. The zero-order valence-corrected chi connectivity index (χ0v) is 29.0. The van der Waals surface area contributed by atoms with E-state index >= 15 is 0 Å². The molecule has 6 aromatic rings. The topological polar surface area (TPSA) is 142 Å². The van der Waals surface area contributed by atoms with E-state index in [1.807, 2.05) is 61.5 Å². The predicted octanol–water partition coefficient (Wildman–Crippen LogP) is 8.68. The summed E-state index contributed by atoms with van der Waals surface area (Å²) < 4.78 is 45.9. The summed E-state index contributed by atoms with van der Waals surface area (Å²) in [6.45, 7) is 5.30. The van der Waals surface area contributed by atoms with Crippen molar-refractivity contribution in [2.75, 3.05) is 17.6 Å². The van der Waals surface area contributed by atoms with Gasteiger partial charge in [-0.05, 0) is 80.4 Å². The molecule has 0 aliphatic heterocycles. The van der Waals surface area contributed by atoms with Crippen LogP contribution in [0.2, 0.25) is 0 Å². The van der Waals surface area contributed by atoms with Crippen LogP contribution in [0.25, 0.3) is 55.6 Å². The number of aliphatic imine (C=N–C) groups is 1. The van der Waals surface area contributed by atoms with Gasteiger partial charge in [-0.3, -0.25) is 9.30 Å². The number of carboxylic acid groups (broad SMARTS) is 1. The number of benzene rings is 4. The van der Waals surface area contributed by atoms with E-state index in [-0.39, 0.29) is 16.9 Å². The van der Waals surface area contributed by atoms with Crippen LogP contribution in [-0.4, -0.2) is 44.0 Å². The minimum atomic E-state index is -3.68. The van der Waals surface area contributed by atoms with E-state index in [1.165, 1.54) is 37.4 Å². The van der Waals surface area contributed by atoms with Gasteiger partial charge in [0.25, 0.3) is 0 Å². The van der Waals surface area contributed by atoms with Gasteiger partial charge in [0.05, 0.1) is 11.9 Å². The standard InChI is InChI=1S/C31H23FN2O5S.C5H10N2.C3H4/c1-34(40(2,37)38)27-17-28-24(29(31(35)36)30(39-28)18-10-12-22(32)13-11-18)16-23(27)19-7-5-8-20(14-19)26-15-21-6-3-4-9-25(21)33-26;1-3-7-4-5(2)6;1-3-2/h3-17,33H,1-2H3,(H,35,36);3-4H,6H2,1-2H3;1H,2H3/b;5-4+,7-3?;. The van der Waals surface area contributed by atoms with Crippen molar-refractivity contribution in [3.8, 4) is 46.1 Å². The maximum Gasteiger partial charge on any atom is 0.340 e. The number of aromatic amines is 1. The zero-order chi connectivity index (χ0) is 36.6. The highest BCUT2D eigenvalue weighted by Gasteiger charge is 2.26. The van der Waals surface area contributed by atoms with Crippen molar-refractivity contribution in [2.24, 2.45) is 10.7 Å². The number of nitrogens with one attached hydrogen (secondary N) is 1. The summed E-state index contributed by atoms with van der Waals surface area (Å²) in [5.74, 6) is 0.616. The average molecular weight is 693 g/mol. The molecule has 0 unspecified atom stereocenters. The summed E-state index contributed by atoms with van der Waals surface area (Å²) in [6.07, 6.45) is 8.99. The average Bonchev–Trinajstić information content (AvgIpc) is 3.69. The van der Waals surface area contributed by atoms with Gasteiger partial charge in [-0.1, -0.05) is 36.4 Å². The monoisotopic (exact) mass is 692 g/mol. The van der Waals surface area contributed by atoms with E-state index in [9.17, 15) is 22.7 Å². The second-order valence-electron chi connectivity index (χ2n) is 11.1. The number of rotatable bonds is 7. The van der Waals surface area contributed by atoms with Crippen LogP contribution in [0.4, 0.5) is 10.1 Å². The third kappa shape index (κ3) is 8.47. The number of fused-ring (bicyclic) bond motifs is 2. The number of carboxylic acids is 1. The summed E-state index contributed by atoms with van der Waals surface area (Å²) in [5.41, 5.74) is 10.7. The molecule has 0 atom stereocenters. The zero-order valence-electron chi connectivity index (χ0n) is 28.2. The number of terminal acetylenes is 1. The summed E-state index contributed by atoms with van der Waals surface area (Å²) in [5, 5.41) is 11.5. The molecule has 0 fully saturated rings. The Morgan fingerprint density at radius 2 is 1.68 bits per heavy atom. The molecule has 50 heavy (non-hydrogen) atoms. The highest BCUT2D eigenvalue weighted by Crippen LogP contribution is 2.42.